The molecule has 1 aliphatic carbocycles. The van der Waals surface area contributed by atoms with Crippen molar-refractivity contribution in [3.8, 4) is 0 Å². The van der Waals surface area contributed by atoms with Gasteiger partial charge in [-0.1, -0.05) is 0 Å². The van der Waals surface area contributed by atoms with Crippen molar-refractivity contribution in [3.05, 3.63) is 0 Å². The van der Waals surface area contributed by atoms with Crippen LogP contribution in [0.15, 0.2) is 0 Å². The normalized spacial score (nSPS) is 35.9. The van der Waals surface area contributed by atoms with E-state index < -0.39 is 60.1 Å². The number of hydrogen-bond donors (Lipinski definition) is 9. The molecule has 0 aliphatic heterocycles. The van der Waals surface area contributed by atoms with Crippen LogP contribution in [0.5, 0.6) is 0 Å². The van der Waals surface area contributed by atoms with E-state index in [1.807, 2.05) is 0 Å². The Morgan fingerprint density at radius 2 is 0.750 bits per heavy atom. The summed E-state index contributed by atoms with van der Waals surface area (Å²) in [4.78, 5) is 52.7. The Labute approximate surface area is 133 Å². The minimum atomic E-state index is -5.48. The highest BCUT2D eigenvalue weighted by atomic mass is 31.2. The molecule has 4 unspecified atom stereocenters. The molecule has 0 spiro atoms. The average Bonchev–Trinajstić information content (AvgIpc) is 2.32. The van der Waals surface area contributed by atoms with Crippen LogP contribution in [0.25, 0.3) is 0 Å². The summed E-state index contributed by atoms with van der Waals surface area (Å²) < 4.78 is 45.0. The minimum absolute atomic E-state index is 2.31. The molecule has 6 atom stereocenters. The number of aliphatic hydroxyl groups excluding tert-OH is 3. The van der Waals surface area contributed by atoms with E-state index in [9.17, 15) is 29.0 Å². The highest BCUT2D eigenvalue weighted by Gasteiger charge is 2.56. The zero-order chi connectivity index (χ0) is 19.1. The van der Waals surface area contributed by atoms with Crippen molar-refractivity contribution in [2.45, 2.75) is 36.6 Å². The molecular weight excluding hydrogens is 405 g/mol. The van der Waals surface area contributed by atoms with E-state index in [2.05, 4.69) is 13.6 Å². The summed E-state index contributed by atoms with van der Waals surface area (Å²) in [6.45, 7) is 0. The van der Waals surface area contributed by atoms with Gasteiger partial charge in [0.15, 0.2) is 0 Å². The van der Waals surface area contributed by atoms with Crippen LogP contribution in [-0.4, -0.2) is 81.3 Å². The van der Waals surface area contributed by atoms with Gasteiger partial charge in [0.05, 0.1) is 0 Å². The highest BCUT2D eigenvalue weighted by molar-refractivity contribution is 7.47. The third-order valence-corrected chi connectivity index (χ3v) is 4.35. The topological polar surface area (TPSA) is 261 Å². The maximum Gasteiger partial charge on any atom is 0.470 e. The lowest BCUT2D eigenvalue weighted by Gasteiger charge is -2.44. The molecule has 0 aromatic carbocycles. The Hall–Kier alpha value is 0.210. The monoisotopic (exact) mass is 420 g/mol. The van der Waals surface area contributed by atoms with Crippen LogP contribution in [-0.2, 0) is 27.3 Å². The van der Waals surface area contributed by atoms with Gasteiger partial charge in [-0.15, -0.1) is 0 Å². The van der Waals surface area contributed by atoms with Gasteiger partial charge < -0.3 is 44.7 Å². The molecule has 15 nitrogen and oxygen atoms in total. The van der Waals surface area contributed by atoms with Gasteiger partial charge in [-0.25, -0.2) is 13.7 Å². The van der Waals surface area contributed by atoms with Crippen LogP contribution >= 0.6 is 23.5 Å². The summed E-state index contributed by atoms with van der Waals surface area (Å²) in [5.41, 5.74) is 0. The highest BCUT2D eigenvalue weighted by Crippen LogP contribution is 2.50. The van der Waals surface area contributed by atoms with E-state index in [1.54, 1.807) is 0 Å². The van der Waals surface area contributed by atoms with E-state index >= 15 is 0 Å². The quantitative estimate of drug-likeness (QED) is 0.189. The molecule has 0 saturated heterocycles. The van der Waals surface area contributed by atoms with Gasteiger partial charge in [0.25, 0.3) is 0 Å². The number of rotatable bonds is 6. The second kappa shape index (κ2) is 7.45. The van der Waals surface area contributed by atoms with E-state index in [1.165, 1.54) is 0 Å². The first-order valence-electron chi connectivity index (χ1n) is 5.78. The van der Waals surface area contributed by atoms with E-state index in [0.717, 1.165) is 0 Å². The Morgan fingerprint density at radius 1 is 0.500 bits per heavy atom. The number of phosphoric ester groups is 3. The number of phosphoric acid groups is 3. The second-order valence-corrected chi connectivity index (χ2v) is 8.23. The van der Waals surface area contributed by atoms with Crippen molar-refractivity contribution in [1.29, 1.82) is 0 Å². The first-order chi connectivity index (χ1) is 10.5. The summed E-state index contributed by atoms with van der Waals surface area (Å²) in [6, 6.07) is 0. The molecule has 0 amide bonds. The summed E-state index contributed by atoms with van der Waals surface area (Å²) in [5, 5.41) is 29.0. The van der Waals surface area contributed by atoms with Crippen molar-refractivity contribution in [1.82, 2.24) is 0 Å². The van der Waals surface area contributed by atoms with Gasteiger partial charge in [-0.05, 0) is 0 Å². The molecule has 9 N–H and O–H groups in total. The third-order valence-electron chi connectivity index (χ3n) is 2.80. The zero-order valence-electron chi connectivity index (χ0n) is 11.3. The number of hydrogen-bond acceptors (Lipinski definition) is 9. The van der Waals surface area contributed by atoms with Gasteiger partial charge in [0.1, 0.15) is 36.6 Å². The Balaban J connectivity index is 3.32. The summed E-state index contributed by atoms with van der Waals surface area (Å²) in [7, 11) is -16.3. The van der Waals surface area contributed by atoms with Crippen LogP contribution in [0.1, 0.15) is 0 Å². The van der Waals surface area contributed by atoms with E-state index in [0.29, 0.717) is 0 Å². The van der Waals surface area contributed by atoms with Gasteiger partial charge in [0, 0.05) is 0 Å². The fourth-order valence-corrected chi connectivity index (χ4v) is 3.69. The molecule has 24 heavy (non-hydrogen) atoms. The number of aliphatic hydroxyl groups is 3. The maximum atomic E-state index is 11.0. The lowest BCUT2D eigenvalue weighted by atomic mass is 9.85. The summed E-state index contributed by atoms with van der Waals surface area (Å²) >= 11 is 0. The van der Waals surface area contributed by atoms with Crippen LogP contribution in [0.2, 0.25) is 0 Å². The van der Waals surface area contributed by atoms with Crippen LogP contribution < -0.4 is 0 Å². The largest absolute Gasteiger partial charge is 0.470 e. The van der Waals surface area contributed by atoms with Gasteiger partial charge >= 0.3 is 23.5 Å². The van der Waals surface area contributed by atoms with Crippen molar-refractivity contribution in [3.63, 3.8) is 0 Å². The Morgan fingerprint density at radius 3 is 1.00 bits per heavy atom. The van der Waals surface area contributed by atoms with E-state index in [4.69, 9.17) is 29.4 Å². The van der Waals surface area contributed by atoms with Crippen molar-refractivity contribution < 1.29 is 71.9 Å². The smallest absolute Gasteiger partial charge is 0.387 e. The Bertz CT molecular complexity index is 536. The maximum absolute atomic E-state index is 11.0. The molecule has 144 valence electrons. The Kier molecular flexibility index (Phi) is 6.90. The van der Waals surface area contributed by atoms with Crippen molar-refractivity contribution >= 4 is 23.5 Å². The first kappa shape index (κ1) is 22.3. The van der Waals surface area contributed by atoms with Crippen molar-refractivity contribution in [2.24, 2.45) is 0 Å². The molecule has 1 rings (SSSR count). The molecule has 0 heterocycles. The predicted molar refractivity (Wildman–Crippen MR) is 68.8 cm³/mol. The molecule has 0 aromatic rings. The van der Waals surface area contributed by atoms with Gasteiger partial charge in [-0.3, -0.25) is 13.6 Å². The predicted octanol–water partition coefficient (Wildman–Crippen LogP) is -3.48. The van der Waals surface area contributed by atoms with Gasteiger partial charge in [-0.2, -0.15) is 0 Å². The summed E-state index contributed by atoms with van der Waals surface area (Å²) in [6.07, 6.45) is -14.3. The molecule has 0 aromatic heterocycles. The van der Waals surface area contributed by atoms with Crippen LogP contribution in [0, 0.1) is 0 Å². The standard InChI is InChI=1S/C6H15O15P3/c7-1-2(8)4(19-22(10,11)12)6(21-24(16,17)18)5(3(1)9)20-23(13,14)15/h1-9H,(H2,10,11,12)(H2,13,14,15)(H2,16,17,18)/t1?,2-,3+,4?,5?,6?. The first-order valence-corrected chi connectivity index (χ1v) is 10.4. The molecule has 0 bridgehead atoms. The molecule has 18 heteroatoms. The molecule has 0 radical (unpaired) electrons. The lowest BCUT2D eigenvalue weighted by molar-refractivity contribution is -0.212. The van der Waals surface area contributed by atoms with E-state index in [-0.39, 0.29) is 0 Å². The molecule has 1 fully saturated rings. The summed E-state index contributed by atoms with van der Waals surface area (Å²) in [5.74, 6) is 0. The average molecular weight is 420 g/mol. The molecule has 1 aliphatic rings. The van der Waals surface area contributed by atoms with Crippen LogP contribution in [0.4, 0.5) is 0 Å². The van der Waals surface area contributed by atoms with Gasteiger partial charge in [0.2, 0.25) is 0 Å². The lowest BCUT2D eigenvalue weighted by Crippen LogP contribution is -2.65. The molecular formula is C6H15O15P3. The fraction of sp³-hybridized carbons (Fsp3) is 1.00. The zero-order valence-corrected chi connectivity index (χ0v) is 14.0. The second-order valence-electron chi connectivity index (χ2n) is 4.65. The molecule has 1 saturated carbocycles. The third kappa shape index (κ3) is 6.50. The van der Waals surface area contributed by atoms with Crippen molar-refractivity contribution in [2.75, 3.05) is 0 Å². The van der Waals surface area contributed by atoms with Crippen LogP contribution in [0.3, 0.4) is 0 Å². The SMILES string of the molecule is O=P(O)(O)OC1C(OP(=O)(O)O)[C@@H](O)C(O)[C@@H](O)C1OP(=O)(O)O. The minimum Gasteiger partial charge on any atom is -0.387 e. The fourth-order valence-electron chi connectivity index (χ4n) is 2.01.